The molecule has 0 saturated heterocycles. The minimum atomic E-state index is 0.140. The van der Waals surface area contributed by atoms with Gasteiger partial charge in [0.2, 0.25) is 0 Å². The van der Waals surface area contributed by atoms with E-state index in [9.17, 15) is 0 Å². The molecule has 0 fully saturated rings. The third-order valence-corrected chi connectivity index (χ3v) is 2.85. The van der Waals surface area contributed by atoms with Gasteiger partial charge in [-0.15, -0.1) is 0 Å². The van der Waals surface area contributed by atoms with Crippen molar-refractivity contribution >= 4 is 5.57 Å². The van der Waals surface area contributed by atoms with Gasteiger partial charge in [-0.25, -0.2) is 0 Å². The van der Waals surface area contributed by atoms with Crippen molar-refractivity contribution in [1.82, 2.24) is 0 Å². The summed E-state index contributed by atoms with van der Waals surface area (Å²) in [5, 5.41) is 0. The van der Waals surface area contributed by atoms with Gasteiger partial charge in [-0.2, -0.15) is 0 Å². The number of rotatable bonds is 2. The van der Waals surface area contributed by atoms with Crippen LogP contribution in [0.2, 0.25) is 0 Å². The lowest BCUT2D eigenvalue weighted by Gasteiger charge is -2.07. The van der Waals surface area contributed by atoms with Crippen LogP contribution in [0.3, 0.4) is 0 Å². The smallest absolute Gasteiger partial charge is 0.0266 e. The van der Waals surface area contributed by atoms with Gasteiger partial charge in [-0.3, -0.25) is 0 Å². The summed E-state index contributed by atoms with van der Waals surface area (Å²) >= 11 is 0. The van der Waals surface area contributed by atoms with Gasteiger partial charge in [0.1, 0.15) is 0 Å². The number of benzene rings is 1. The van der Waals surface area contributed by atoms with Gasteiger partial charge in [0.05, 0.1) is 0 Å². The molecule has 0 amide bonds. The van der Waals surface area contributed by atoms with Crippen LogP contribution in [0.4, 0.5) is 0 Å². The Labute approximate surface area is 85.6 Å². The number of hydrogen-bond acceptors (Lipinski definition) is 1. The number of allylic oxidation sites excluding steroid dienone is 2. The first-order valence-corrected chi connectivity index (χ1v) is 5.32. The van der Waals surface area contributed by atoms with Gasteiger partial charge < -0.3 is 5.73 Å². The molecule has 1 aromatic carbocycles. The van der Waals surface area contributed by atoms with Gasteiger partial charge in [-0.1, -0.05) is 30.3 Å². The van der Waals surface area contributed by atoms with Crippen molar-refractivity contribution in [2.45, 2.75) is 32.2 Å². The molecule has 1 aliphatic carbocycles. The van der Waals surface area contributed by atoms with Crippen LogP contribution in [-0.4, -0.2) is 0 Å². The van der Waals surface area contributed by atoms with Crippen molar-refractivity contribution in [1.29, 1.82) is 0 Å². The van der Waals surface area contributed by atoms with Gasteiger partial charge in [-0.05, 0) is 42.9 Å². The van der Waals surface area contributed by atoms with E-state index in [-0.39, 0.29) is 6.04 Å². The van der Waals surface area contributed by atoms with Gasteiger partial charge in [0.15, 0.2) is 0 Å². The van der Waals surface area contributed by atoms with Crippen molar-refractivity contribution in [2.24, 2.45) is 5.73 Å². The molecule has 14 heavy (non-hydrogen) atoms. The lowest BCUT2D eigenvalue weighted by Crippen LogP contribution is -2.04. The molecule has 1 nitrogen and oxygen atoms in total. The van der Waals surface area contributed by atoms with Crippen LogP contribution in [-0.2, 0) is 0 Å². The summed E-state index contributed by atoms with van der Waals surface area (Å²) in [7, 11) is 0. The van der Waals surface area contributed by atoms with Crippen molar-refractivity contribution in [3.63, 3.8) is 0 Å². The third kappa shape index (κ3) is 1.88. The van der Waals surface area contributed by atoms with E-state index in [1.54, 1.807) is 0 Å². The maximum Gasteiger partial charge on any atom is 0.0266 e. The van der Waals surface area contributed by atoms with Crippen LogP contribution >= 0.6 is 0 Å². The Hall–Kier alpha value is -1.08. The molecule has 1 aromatic rings. The molecule has 0 aromatic heterocycles. The Morgan fingerprint density at radius 2 is 1.93 bits per heavy atom. The Morgan fingerprint density at radius 3 is 2.43 bits per heavy atom. The lowest BCUT2D eigenvalue weighted by atomic mass is 10.0. The summed E-state index contributed by atoms with van der Waals surface area (Å²) < 4.78 is 0. The second-order valence-corrected chi connectivity index (χ2v) is 4.03. The molecule has 2 rings (SSSR count). The molecule has 0 bridgehead atoms. The SMILES string of the molecule is CC(N)c1ccc(C2=CCCC2)cc1. The second kappa shape index (κ2) is 3.97. The molecule has 0 saturated carbocycles. The number of nitrogens with two attached hydrogens (primary N) is 1. The monoisotopic (exact) mass is 187 g/mol. The highest BCUT2D eigenvalue weighted by molar-refractivity contribution is 5.67. The van der Waals surface area contributed by atoms with Gasteiger partial charge in [0, 0.05) is 6.04 Å². The summed E-state index contributed by atoms with van der Waals surface area (Å²) in [6, 6.07) is 8.80. The standard InChI is InChI=1S/C13H17N/c1-10(14)11-6-8-13(9-7-11)12-4-2-3-5-12/h4,6-10H,2-3,5,14H2,1H3. The summed E-state index contributed by atoms with van der Waals surface area (Å²) in [4.78, 5) is 0. The maximum atomic E-state index is 5.80. The Bertz CT molecular complexity index is 333. The van der Waals surface area contributed by atoms with Crippen LogP contribution in [0, 0.1) is 0 Å². The molecule has 0 radical (unpaired) electrons. The van der Waals surface area contributed by atoms with E-state index in [4.69, 9.17) is 5.73 Å². The fraction of sp³-hybridized carbons (Fsp3) is 0.385. The quantitative estimate of drug-likeness (QED) is 0.755. The van der Waals surface area contributed by atoms with E-state index in [0.29, 0.717) is 0 Å². The van der Waals surface area contributed by atoms with Crippen LogP contribution < -0.4 is 5.73 Å². The molecule has 1 aliphatic rings. The van der Waals surface area contributed by atoms with Crippen LogP contribution in [0.15, 0.2) is 30.3 Å². The summed E-state index contributed by atoms with van der Waals surface area (Å²) in [5.41, 5.74) is 9.89. The third-order valence-electron chi connectivity index (χ3n) is 2.85. The fourth-order valence-electron chi connectivity index (χ4n) is 1.93. The highest BCUT2D eigenvalue weighted by Crippen LogP contribution is 2.27. The highest BCUT2D eigenvalue weighted by Gasteiger charge is 2.07. The Morgan fingerprint density at radius 1 is 1.21 bits per heavy atom. The molecule has 1 unspecified atom stereocenters. The largest absolute Gasteiger partial charge is 0.324 e. The van der Waals surface area contributed by atoms with Crippen LogP contribution in [0.5, 0.6) is 0 Å². The average molecular weight is 187 g/mol. The zero-order chi connectivity index (χ0) is 9.97. The average Bonchev–Trinajstić information content (AvgIpc) is 2.71. The lowest BCUT2D eigenvalue weighted by molar-refractivity contribution is 0.818. The Balaban J connectivity index is 2.21. The van der Waals surface area contributed by atoms with Gasteiger partial charge in [0.25, 0.3) is 0 Å². The molecular formula is C13H17N. The fourth-order valence-corrected chi connectivity index (χ4v) is 1.93. The van der Waals surface area contributed by atoms with Crippen molar-refractivity contribution in [3.05, 3.63) is 41.5 Å². The first kappa shape index (κ1) is 9.47. The van der Waals surface area contributed by atoms with Crippen LogP contribution in [0.25, 0.3) is 5.57 Å². The van der Waals surface area contributed by atoms with E-state index in [2.05, 4.69) is 30.3 Å². The summed E-state index contributed by atoms with van der Waals surface area (Å²) in [6.07, 6.45) is 6.13. The molecule has 1 atom stereocenters. The summed E-state index contributed by atoms with van der Waals surface area (Å²) in [6.45, 7) is 2.02. The minimum absolute atomic E-state index is 0.140. The Kier molecular flexibility index (Phi) is 2.69. The maximum absolute atomic E-state index is 5.80. The first-order chi connectivity index (χ1) is 6.77. The van der Waals surface area contributed by atoms with E-state index in [0.717, 1.165) is 0 Å². The van der Waals surface area contributed by atoms with E-state index >= 15 is 0 Å². The zero-order valence-corrected chi connectivity index (χ0v) is 8.66. The number of hydrogen-bond donors (Lipinski definition) is 1. The molecule has 0 heterocycles. The predicted octanol–water partition coefficient (Wildman–Crippen LogP) is 3.27. The molecule has 0 aliphatic heterocycles. The highest BCUT2D eigenvalue weighted by atomic mass is 14.6. The first-order valence-electron chi connectivity index (χ1n) is 5.32. The van der Waals surface area contributed by atoms with Crippen molar-refractivity contribution in [3.8, 4) is 0 Å². The summed E-state index contributed by atoms with van der Waals surface area (Å²) in [5.74, 6) is 0. The molecule has 0 spiro atoms. The molecule has 1 heteroatoms. The van der Waals surface area contributed by atoms with Gasteiger partial charge >= 0.3 is 0 Å². The molecule has 74 valence electrons. The molecular weight excluding hydrogens is 170 g/mol. The van der Waals surface area contributed by atoms with Crippen molar-refractivity contribution in [2.75, 3.05) is 0 Å². The molecule has 2 N–H and O–H groups in total. The topological polar surface area (TPSA) is 26.0 Å². The second-order valence-electron chi connectivity index (χ2n) is 4.03. The predicted molar refractivity (Wildman–Crippen MR) is 60.9 cm³/mol. The van der Waals surface area contributed by atoms with E-state index in [1.807, 2.05) is 6.92 Å². The zero-order valence-electron chi connectivity index (χ0n) is 8.66. The normalized spacial score (nSPS) is 18.0. The van der Waals surface area contributed by atoms with Crippen molar-refractivity contribution < 1.29 is 0 Å². The van der Waals surface area contributed by atoms with Crippen LogP contribution in [0.1, 0.15) is 43.4 Å². The van der Waals surface area contributed by atoms with E-state index in [1.165, 1.54) is 36.0 Å². The van der Waals surface area contributed by atoms with E-state index < -0.39 is 0 Å². The minimum Gasteiger partial charge on any atom is -0.324 e.